The Morgan fingerprint density at radius 3 is 2.20 bits per heavy atom. The molecular weight excluding hydrogens is 314 g/mol. The molecular formula is C16H26BrN3. The molecule has 0 spiro atoms. The molecule has 4 heteroatoms. The average Bonchev–Trinajstić information content (AvgIpc) is 2.50. The summed E-state index contributed by atoms with van der Waals surface area (Å²) in [6.45, 7) is 10.1. The molecule has 2 rings (SSSR count). The predicted molar refractivity (Wildman–Crippen MR) is 88.8 cm³/mol. The molecule has 0 radical (unpaired) electrons. The third kappa shape index (κ3) is 3.82. The summed E-state index contributed by atoms with van der Waals surface area (Å²) in [5.41, 5.74) is 7.76. The number of likely N-dealkylation sites (N-methyl/N-ethyl adjacent to an activating group) is 1. The highest BCUT2D eigenvalue weighted by Crippen LogP contribution is 2.27. The van der Waals surface area contributed by atoms with Gasteiger partial charge in [-0.2, -0.15) is 0 Å². The minimum absolute atomic E-state index is 0.198. The van der Waals surface area contributed by atoms with Crippen molar-refractivity contribution in [3.63, 3.8) is 0 Å². The Morgan fingerprint density at radius 2 is 1.70 bits per heavy atom. The van der Waals surface area contributed by atoms with E-state index in [9.17, 15) is 0 Å². The maximum absolute atomic E-state index is 6.42. The van der Waals surface area contributed by atoms with Crippen LogP contribution in [-0.4, -0.2) is 48.6 Å². The fourth-order valence-corrected chi connectivity index (χ4v) is 3.23. The topological polar surface area (TPSA) is 32.5 Å². The van der Waals surface area contributed by atoms with E-state index < -0.39 is 0 Å². The van der Waals surface area contributed by atoms with E-state index >= 15 is 0 Å². The van der Waals surface area contributed by atoms with Gasteiger partial charge in [-0.05, 0) is 30.7 Å². The molecule has 20 heavy (non-hydrogen) atoms. The van der Waals surface area contributed by atoms with E-state index in [0.29, 0.717) is 6.04 Å². The molecule has 2 N–H and O–H groups in total. The summed E-state index contributed by atoms with van der Waals surface area (Å²) in [4.78, 5) is 5.07. The van der Waals surface area contributed by atoms with Crippen LogP contribution in [0.2, 0.25) is 0 Å². The van der Waals surface area contributed by atoms with Gasteiger partial charge in [-0.25, -0.2) is 0 Å². The molecule has 2 atom stereocenters. The van der Waals surface area contributed by atoms with E-state index in [0.717, 1.165) is 43.6 Å². The Hall–Kier alpha value is -0.420. The van der Waals surface area contributed by atoms with Crippen molar-refractivity contribution in [1.29, 1.82) is 0 Å². The van der Waals surface area contributed by atoms with Crippen LogP contribution >= 0.6 is 15.9 Å². The number of piperazine rings is 1. The fraction of sp³-hybridized carbons (Fsp3) is 0.625. The van der Waals surface area contributed by atoms with Crippen molar-refractivity contribution in [2.24, 2.45) is 5.73 Å². The third-order valence-corrected chi connectivity index (χ3v) is 4.86. The molecule has 0 saturated carbocycles. The van der Waals surface area contributed by atoms with Gasteiger partial charge in [-0.15, -0.1) is 0 Å². The number of hydrogen-bond donors (Lipinski definition) is 1. The maximum atomic E-state index is 6.42. The third-order valence-electron chi connectivity index (χ3n) is 4.34. The normalized spacial score (nSPS) is 20.8. The first-order valence-corrected chi connectivity index (χ1v) is 8.42. The summed E-state index contributed by atoms with van der Waals surface area (Å²) >= 11 is 3.51. The number of halogens is 1. The van der Waals surface area contributed by atoms with Gasteiger partial charge in [0.2, 0.25) is 0 Å². The molecule has 1 aromatic carbocycles. The predicted octanol–water partition coefficient (Wildman–Crippen LogP) is 2.87. The van der Waals surface area contributed by atoms with Crippen molar-refractivity contribution in [3.05, 3.63) is 34.3 Å². The Labute approximate surface area is 131 Å². The van der Waals surface area contributed by atoms with Crippen molar-refractivity contribution in [3.8, 4) is 0 Å². The van der Waals surface area contributed by atoms with Gasteiger partial charge < -0.3 is 10.6 Å². The van der Waals surface area contributed by atoms with Gasteiger partial charge in [0.1, 0.15) is 0 Å². The molecule has 112 valence electrons. The molecule has 2 unspecified atom stereocenters. The van der Waals surface area contributed by atoms with E-state index in [1.807, 2.05) is 0 Å². The zero-order valence-corrected chi connectivity index (χ0v) is 14.1. The number of nitrogens with two attached hydrogens (primary N) is 1. The van der Waals surface area contributed by atoms with Gasteiger partial charge in [0.25, 0.3) is 0 Å². The summed E-state index contributed by atoms with van der Waals surface area (Å²) in [7, 11) is 0. The van der Waals surface area contributed by atoms with Crippen molar-refractivity contribution >= 4 is 15.9 Å². The minimum atomic E-state index is 0.198. The van der Waals surface area contributed by atoms with E-state index in [2.05, 4.69) is 63.8 Å². The van der Waals surface area contributed by atoms with Crippen LogP contribution in [0.1, 0.15) is 31.9 Å². The Balaban J connectivity index is 2.14. The summed E-state index contributed by atoms with van der Waals surface area (Å²) < 4.78 is 1.13. The highest BCUT2D eigenvalue weighted by molar-refractivity contribution is 9.10. The van der Waals surface area contributed by atoms with Gasteiger partial charge in [0, 0.05) is 42.7 Å². The second kappa shape index (κ2) is 7.55. The fourth-order valence-electron chi connectivity index (χ4n) is 2.97. The summed E-state index contributed by atoms with van der Waals surface area (Å²) in [6.07, 6.45) is 1.01. The summed E-state index contributed by atoms with van der Waals surface area (Å²) in [6, 6.07) is 9.18. The minimum Gasteiger partial charge on any atom is -0.326 e. The van der Waals surface area contributed by atoms with E-state index in [-0.39, 0.29) is 6.04 Å². The standard InChI is InChI=1S/C16H26BrN3/c1-3-15(18)16(13-5-7-14(17)8-6-13)20-11-9-19(4-2)10-12-20/h5-8,15-16H,3-4,9-12,18H2,1-2H3. The number of hydrogen-bond acceptors (Lipinski definition) is 3. The molecule has 1 saturated heterocycles. The summed E-state index contributed by atoms with van der Waals surface area (Å²) in [5.74, 6) is 0. The lowest BCUT2D eigenvalue weighted by Crippen LogP contribution is -2.51. The van der Waals surface area contributed by atoms with E-state index in [1.54, 1.807) is 0 Å². The zero-order chi connectivity index (χ0) is 14.5. The first-order valence-electron chi connectivity index (χ1n) is 7.63. The largest absolute Gasteiger partial charge is 0.326 e. The molecule has 0 amide bonds. The van der Waals surface area contributed by atoms with Crippen LogP contribution in [0.5, 0.6) is 0 Å². The SMILES string of the molecule is CCC(N)C(c1ccc(Br)cc1)N1CCN(CC)CC1. The van der Waals surface area contributed by atoms with Crippen molar-refractivity contribution < 1.29 is 0 Å². The van der Waals surface area contributed by atoms with Crippen LogP contribution in [0.3, 0.4) is 0 Å². The Morgan fingerprint density at radius 1 is 1.10 bits per heavy atom. The smallest absolute Gasteiger partial charge is 0.0500 e. The lowest BCUT2D eigenvalue weighted by Gasteiger charge is -2.41. The maximum Gasteiger partial charge on any atom is 0.0500 e. The van der Waals surface area contributed by atoms with Gasteiger partial charge in [-0.3, -0.25) is 4.90 Å². The first-order chi connectivity index (χ1) is 9.65. The first kappa shape index (κ1) is 16.0. The van der Waals surface area contributed by atoms with Crippen LogP contribution in [0.15, 0.2) is 28.7 Å². The van der Waals surface area contributed by atoms with Crippen LogP contribution in [0.4, 0.5) is 0 Å². The number of rotatable bonds is 5. The van der Waals surface area contributed by atoms with Crippen LogP contribution in [0, 0.1) is 0 Å². The van der Waals surface area contributed by atoms with Crippen LogP contribution in [0.25, 0.3) is 0 Å². The molecule has 1 heterocycles. The second-order valence-corrected chi connectivity index (χ2v) is 6.45. The zero-order valence-electron chi connectivity index (χ0n) is 12.6. The molecule has 1 aliphatic rings. The van der Waals surface area contributed by atoms with Crippen molar-refractivity contribution in [2.45, 2.75) is 32.4 Å². The van der Waals surface area contributed by atoms with Gasteiger partial charge in [0.05, 0.1) is 0 Å². The van der Waals surface area contributed by atoms with Crippen molar-refractivity contribution in [2.75, 3.05) is 32.7 Å². The molecule has 1 aliphatic heterocycles. The van der Waals surface area contributed by atoms with Crippen LogP contribution in [-0.2, 0) is 0 Å². The molecule has 0 aromatic heterocycles. The average molecular weight is 340 g/mol. The quantitative estimate of drug-likeness (QED) is 0.895. The second-order valence-electron chi connectivity index (χ2n) is 5.54. The molecule has 1 fully saturated rings. The molecule has 0 bridgehead atoms. The molecule has 3 nitrogen and oxygen atoms in total. The lowest BCUT2D eigenvalue weighted by molar-refractivity contribution is 0.0865. The van der Waals surface area contributed by atoms with Crippen LogP contribution < -0.4 is 5.73 Å². The number of nitrogens with zero attached hydrogens (tertiary/aromatic N) is 2. The Bertz CT molecular complexity index is 399. The van der Waals surface area contributed by atoms with Gasteiger partial charge in [-0.1, -0.05) is 41.9 Å². The highest BCUT2D eigenvalue weighted by atomic mass is 79.9. The van der Waals surface area contributed by atoms with Crippen molar-refractivity contribution in [1.82, 2.24) is 9.80 Å². The Kier molecular flexibility index (Phi) is 6.02. The van der Waals surface area contributed by atoms with Gasteiger partial charge in [0.15, 0.2) is 0 Å². The molecule has 0 aliphatic carbocycles. The lowest BCUT2D eigenvalue weighted by atomic mass is 9.95. The highest BCUT2D eigenvalue weighted by Gasteiger charge is 2.28. The molecule has 1 aromatic rings. The van der Waals surface area contributed by atoms with Gasteiger partial charge >= 0.3 is 0 Å². The van der Waals surface area contributed by atoms with E-state index in [4.69, 9.17) is 5.73 Å². The summed E-state index contributed by atoms with van der Waals surface area (Å²) in [5, 5.41) is 0. The monoisotopic (exact) mass is 339 g/mol. The van der Waals surface area contributed by atoms with E-state index in [1.165, 1.54) is 5.56 Å². The number of benzene rings is 1.